The van der Waals surface area contributed by atoms with Gasteiger partial charge in [0, 0.05) is 0 Å². The molecule has 5 heteroatoms. The van der Waals surface area contributed by atoms with Gasteiger partial charge in [0.15, 0.2) is 0 Å². The van der Waals surface area contributed by atoms with Crippen LogP contribution < -0.4 is 0 Å². The summed E-state index contributed by atoms with van der Waals surface area (Å²) in [6.45, 7) is 8.63. The first-order valence-corrected chi connectivity index (χ1v) is 10.2. The molecule has 2 atom stereocenters. The van der Waals surface area contributed by atoms with E-state index in [9.17, 15) is 9.59 Å². The van der Waals surface area contributed by atoms with Crippen LogP contribution >= 0.6 is 0 Å². The molecule has 2 unspecified atom stereocenters. The summed E-state index contributed by atoms with van der Waals surface area (Å²) >= 11 is 0. The van der Waals surface area contributed by atoms with Crippen molar-refractivity contribution in [2.75, 3.05) is 6.61 Å². The molecule has 0 N–H and O–H groups in total. The number of benzene rings is 1. The van der Waals surface area contributed by atoms with Crippen molar-refractivity contribution in [3.05, 3.63) is 35.4 Å². The summed E-state index contributed by atoms with van der Waals surface area (Å²) in [5.74, 6) is -0.814. The van der Waals surface area contributed by atoms with Gasteiger partial charge in [0.25, 0.3) is 0 Å². The quantitative estimate of drug-likeness (QED) is 0.249. The van der Waals surface area contributed by atoms with Crippen molar-refractivity contribution in [2.45, 2.75) is 78.7 Å². The molecule has 1 aromatic carbocycles. The summed E-state index contributed by atoms with van der Waals surface area (Å²) in [7, 11) is 0. The third-order valence-corrected chi connectivity index (χ3v) is 4.69. The molecular weight excluding hydrogens is 344 g/mol. The first-order chi connectivity index (χ1) is 13.1. The van der Waals surface area contributed by atoms with Gasteiger partial charge in [-0.2, -0.15) is 4.89 Å². The average Bonchev–Trinajstić information content (AvgIpc) is 2.69. The van der Waals surface area contributed by atoms with Crippen LogP contribution in [0.2, 0.25) is 0 Å². The minimum Gasteiger partial charge on any atom is -0.459 e. The first-order valence-electron chi connectivity index (χ1n) is 10.2. The Kier molecular flexibility index (Phi) is 11.4. The predicted molar refractivity (Wildman–Crippen MR) is 106 cm³/mol. The second-order valence-corrected chi connectivity index (χ2v) is 6.84. The maximum absolute atomic E-state index is 12.5. The lowest BCUT2D eigenvalue weighted by Crippen LogP contribution is -2.20. The molecule has 0 radical (unpaired) electrons. The van der Waals surface area contributed by atoms with Crippen LogP contribution in [0.5, 0.6) is 0 Å². The number of unbranched alkanes of at least 4 members (excludes halogenated alkanes) is 1. The number of hydrogen-bond donors (Lipinski definition) is 0. The van der Waals surface area contributed by atoms with Crippen molar-refractivity contribution in [1.82, 2.24) is 0 Å². The van der Waals surface area contributed by atoms with E-state index >= 15 is 0 Å². The first kappa shape index (κ1) is 23.2. The van der Waals surface area contributed by atoms with E-state index in [1.165, 1.54) is 0 Å². The minimum atomic E-state index is -0.670. The van der Waals surface area contributed by atoms with E-state index < -0.39 is 11.9 Å². The Morgan fingerprint density at radius 3 is 2.11 bits per heavy atom. The van der Waals surface area contributed by atoms with E-state index in [0.29, 0.717) is 12.5 Å². The molecule has 0 aliphatic rings. The van der Waals surface area contributed by atoms with E-state index in [1.54, 1.807) is 24.3 Å². The molecule has 0 aliphatic heterocycles. The van der Waals surface area contributed by atoms with Gasteiger partial charge in [0.05, 0.1) is 17.7 Å². The Hall–Kier alpha value is -1.88. The Bertz CT molecular complexity index is 570. The second-order valence-electron chi connectivity index (χ2n) is 6.84. The second kappa shape index (κ2) is 13.3. The Morgan fingerprint density at radius 1 is 0.889 bits per heavy atom. The zero-order valence-electron chi connectivity index (χ0n) is 17.2. The van der Waals surface area contributed by atoms with Gasteiger partial charge in [-0.25, -0.2) is 9.59 Å². The number of hydrogen-bond acceptors (Lipinski definition) is 5. The molecule has 0 aliphatic carbocycles. The van der Waals surface area contributed by atoms with Crippen LogP contribution in [-0.2, 0) is 14.5 Å². The van der Waals surface area contributed by atoms with Crippen LogP contribution in [-0.4, -0.2) is 24.6 Å². The molecule has 0 saturated heterocycles. The maximum atomic E-state index is 12.5. The van der Waals surface area contributed by atoms with Gasteiger partial charge < -0.3 is 4.74 Å². The molecule has 0 spiro atoms. The summed E-state index contributed by atoms with van der Waals surface area (Å²) in [6, 6.07) is 6.52. The number of esters is 1. The van der Waals surface area contributed by atoms with E-state index in [-0.39, 0.29) is 17.2 Å². The lowest BCUT2D eigenvalue weighted by molar-refractivity contribution is -0.249. The molecule has 1 rings (SSSR count). The number of rotatable bonds is 13. The average molecular weight is 379 g/mol. The fourth-order valence-corrected chi connectivity index (χ4v) is 2.85. The molecule has 0 heterocycles. The molecule has 0 aromatic heterocycles. The maximum Gasteiger partial charge on any atom is 0.373 e. The highest BCUT2D eigenvalue weighted by atomic mass is 17.2. The van der Waals surface area contributed by atoms with E-state index in [2.05, 4.69) is 13.8 Å². The molecular formula is C22H34O5. The molecule has 0 fully saturated rings. The lowest BCUT2D eigenvalue weighted by Gasteiger charge is -2.16. The Morgan fingerprint density at radius 2 is 1.56 bits per heavy atom. The van der Waals surface area contributed by atoms with Crippen molar-refractivity contribution in [1.29, 1.82) is 0 Å². The summed E-state index contributed by atoms with van der Waals surface area (Å²) < 4.78 is 5.53. The van der Waals surface area contributed by atoms with E-state index in [0.717, 1.165) is 44.9 Å². The highest BCUT2D eigenvalue weighted by Gasteiger charge is 2.22. The summed E-state index contributed by atoms with van der Waals surface area (Å²) in [5.41, 5.74) is 0.370. The minimum absolute atomic E-state index is 0.147. The largest absolute Gasteiger partial charge is 0.459 e. The highest BCUT2D eigenvalue weighted by Crippen LogP contribution is 2.17. The van der Waals surface area contributed by atoms with E-state index in [4.69, 9.17) is 14.5 Å². The highest BCUT2D eigenvalue weighted by molar-refractivity contribution is 6.03. The van der Waals surface area contributed by atoms with Crippen LogP contribution in [0, 0.1) is 5.92 Å². The molecule has 0 amide bonds. The smallest absolute Gasteiger partial charge is 0.373 e. The van der Waals surface area contributed by atoms with Gasteiger partial charge in [0.2, 0.25) is 0 Å². The van der Waals surface area contributed by atoms with Crippen molar-refractivity contribution in [3.8, 4) is 0 Å². The Labute approximate surface area is 163 Å². The van der Waals surface area contributed by atoms with Crippen LogP contribution in [0.1, 0.15) is 93.4 Å². The zero-order valence-corrected chi connectivity index (χ0v) is 17.2. The molecule has 0 bridgehead atoms. The third kappa shape index (κ3) is 8.12. The Balaban J connectivity index is 2.68. The molecule has 27 heavy (non-hydrogen) atoms. The topological polar surface area (TPSA) is 61.8 Å². The van der Waals surface area contributed by atoms with Crippen molar-refractivity contribution >= 4 is 11.9 Å². The van der Waals surface area contributed by atoms with Crippen molar-refractivity contribution in [2.24, 2.45) is 5.92 Å². The SMILES string of the molecule is CCCCC(CC)COOC(=O)c1ccccc1C(=O)OC(CC)CCC. The fraction of sp³-hybridized carbons (Fsp3) is 0.636. The summed E-state index contributed by atoms with van der Waals surface area (Å²) in [6.07, 6.45) is 6.59. The zero-order chi connectivity index (χ0) is 20.1. The summed E-state index contributed by atoms with van der Waals surface area (Å²) in [5, 5.41) is 0. The molecule has 152 valence electrons. The number of ether oxygens (including phenoxy) is 1. The van der Waals surface area contributed by atoms with Gasteiger partial charge in [0.1, 0.15) is 6.10 Å². The summed E-state index contributed by atoms with van der Waals surface area (Å²) in [4.78, 5) is 35.0. The van der Waals surface area contributed by atoms with E-state index in [1.807, 2.05) is 13.8 Å². The van der Waals surface area contributed by atoms with Gasteiger partial charge in [-0.05, 0) is 37.3 Å². The molecule has 5 nitrogen and oxygen atoms in total. The predicted octanol–water partition coefficient (Wildman–Crippen LogP) is 5.73. The van der Waals surface area contributed by atoms with Crippen LogP contribution in [0.15, 0.2) is 24.3 Å². The van der Waals surface area contributed by atoms with Gasteiger partial charge in [-0.15, -0.1) is 0 Å². The molecule has 0 saturated carbocycles. The number of carbonyl (C=O) groups is 2. The van der Waals surface area contributed by atoms with Gasteiger partial charge >= 0.3 is 11.9 Å². The van der Waals surface area contributed by atoms with Gasteiger partial charge in [-0.1, -0.05) is 65.5 Å². The van der Waals surface area contributed by atoms with Crippen LogP contribution in [0.4, 0.5) is 0 Å². The molecule has 1 aromatic rings. The van der Waals surface area contributed by atoms with Crippen molar-refractivity contribution in [3.63, 3.8) is 0 Å². The monoisotopic (exact) mass is 378 g/mol. The number of carbonyl (C=O) groups excluding carboxylic acids is 2. The van der Waals surface area contributed by atoms with Gasteiger partial charge in [-0.3, -0.25) is 4.89 Å². The normalized spacial score (nSPS) is 13.0. The van der Waals surface area contributed by atoms with Crippen LogP contribution in [0.3, 0.4) is 0 Å². The van der Waals surface area contributed by atoms with Crippen molar-refractivity contribution < 1.29 is 24.1 Å². The third-order valence-electron chi connectivity index (χ3n) is 4.69. The fourth-order valence-electron chi connectivity index (χ4n) is 2.85. The standard InChI is InChI=1S/C22H34O5/c1-5-9-13-17(7-3)16-25-27-22(24)20-15-11-10-14-19(20)21(23)26-18(8-4)12-6-2/h10-11,14-15,17-18H,5-9,12-13,16H2,1-4H3. The lowest BCUT2D eigenvalue weighted by atomic mass is 10.0. The van der Waals surface area contributed by atoms with Crippen LogP contribution in [0.25, 0.3) is 0 Å².